The first kappa shape index (κ1) is 21.3. The van der Waals surface area contributed by atoms with E-state index in [2.05, 4.69) is 10.6 Å². The quantitative estimate of drug-likeness (QED) is 0.0722. The molecule has 12 nitrogen and oxygen atoms in total. The van der Waals surface area contributed by atoms with Gasteiger partial charge in [0.25, 0.3) is 0 Å². The van der Waals surface area contributed by atoms with E-state index in [1.807, 2.05) is 10.9 Å². The van der Waals surface area contributed by atoms with E-state index < -0.39 is 23.7 Å². The number of hydrogen-bond acceptors (Lipinski definition) is 8. The van der Waals surface area contributed by atoms with Crippen molar-refractivity contribution in [2.45, 2.75) is 25.7 Å². The Hall–Kier alpha value is -2.73. The molecule has 0 bridgehead atoms. The standard InChI is InChI=1S/C12H22N6O6/c13-17-10(21)3-1-8(19)15-5-6-24-12(23)7-16-9(20)2-4-11(22)18-14/h1-7,13-14H2,(H,15,19)(H,16,20)(H,17,21)(H,18,22). The van der Waals surface area contributed by atoms with Gasteiger partial charge in [0.15, 0.2) is 0 Å². The molecule has 24 heavy (non-hydrogen) atoms. The molecule has 0 aromatic heterocycles. The number of nitrogens with two attached hydrogens (primary N) is 2. The summed E-state index contributed by atoms with van der Waals surface area (Å²) in [4.78, 5) is 55.6. The summed E-state index contributed by atoms with van der Waals surface area (Å²) in [6.07, 6.45) is -0.284. The maximum atomic E-state index is 11.3. The summed E-state index contributed by atoms with van der Waals surface area (Å²) in [7, 11) is 0. The molecular weight excluding hydrogens is 324 g/mol. The van der Waals surface area contributed by atoms with Crippen LogP contribution in [0.5, 0.6) is 0 Å². The maximum Gasteiger partial charge on any atom is 0.325 e. The van der Waals surface area contributed by atoms with Crippen molar-refractivity contribution in [2.24, 2.45) is 11.7 Å². The molecule has 0 unspecified atom stereocenters. The third-order valence-electron chi connectivity index (χ3n) is 2.60. The number of hydrogen-bond donors (Lipinski definition) is 6. The van der Waals surface area contributed by atoms with Crippen molar-refractivity contribution in [3.63, 3.8) is 0 Å². The van der Waals surface area contributed by atoms with E-state index in [9.17, 15) is 24.0 Å². The maximum absolute atomic E-state index is 11.3. The number of rotatable bonds is 11. The normalized spacial score (nSPS) is 9.58. The van der Waals surface area contributed by atoms with Crippen LogP contribution in [0.3, 0.4) is 0 Å². The van der Waals surface area contributed by atoms with Gasteiger partial charge < -0.3 is 15.4 Å². The highest BCUT2D eigenvalue weighted by molar-refractivity contribution is 5.86. The van der Waals surface area contributed by atoms with Crippen molar-refractivity contribution in [3.05, 3.63) is 0 Å². The van der Waals surface area contributed by atoms with Crippen molar-refractivity contribution in [2.75, 3.05) is 19.7 Å². The van der Waals surface area contributed by atoms with Gasteiger partial charge in [0.2, 0.25) is 23.6 Å². The van der Waals surface area contributed by atoms with Crippen LogP contribution >= 0.6 is 0 Å². The fourth-order valence-electron chi connectivity index (χ4n) is 1.35. The van der Waals surface area contributed by atoms with Crippen molar-refractivity contribution in [1.82, 2.24) is 21.5 Å². The van der Waals surface area contributed by atoms with Crippen LogP contribution in [0.1, 0.15) is 25.7 Å². The van der Waals surface area contributed by atoms with Gasteiger partial charge in [-0.05, 0) is 0 Å². The van der Waals surface area contributed by atoms with Gasteiger partial charge in [0, 0.05) is 25.7 Å². The summed E-state index contributed by atoms with van der Waals surface area (Å²) in [6, 6.07) is 0. The van der Waals surface area contributed by atoms with E-state index in [0.717, 1.165) is 0 Å². The molecular formula is C12H22N6O6. The molecule has 0 rings (SSSR count). The van der Waals surface area contributed by atoms with Crippen LogP contribution in [-0.4, -0.2) is 49.3 Å². The topological polar surface area (TPSA) is 195 Å². The summed E-state index contributed by atoms with van der Waals surface area (Å²) < 4.78 is 4.77. The number of ether oxygens (including phenoxy) is 1. The lowest BCUT2D eigenvalue weighted by Gasteiger charge is -2.07. The molecule has 0 spiro atoms. The van der Waals surface area contributed by atoms with Gasteiger partial charge in [-0.15, -0.1) is 0 Å². The Labute approximate surface area is 137 Å². The van der Waals surface area contributed by atoms with E-state index in [1.165, 1.54) is 0 Å². The first-order chi connectivity index (χ1) is 11.4. The zero-order valence-electron chi connectivity index (χ0n) is 13.1. The fourth-order valence-corrected chi connectivity index (χ4v) is 1.35. The summed E-state index contributed by atoms with van der Waals surface area (Å²) in [6.45, 7) is -0.369. The van der Waals surface area contributed by atoms with E-state index in [0.29, 0.717) is 0 Å². The van der Waals surface area contributed by atoms with Crippen molar-refractivity contribution < 1.29 is 28.7 Å². The van der Waals surface area contributed by atoms with Crippen LogP contribution < -0.4 is 33.2 Å². The molecule has 0 saturated carbocycles. The molecule has 12 heteroatoms. The summed E-state index contributed by atoms with van der Waals surface area (Å²) in [5.74, 6) is 7.18. The Balaban J connectivity index is 3.65. The Morgan fingerprint density at radius 3 is 1.67 bits per heavy atom. The Kier molecular flexibility index (Phi) is 11.3. The fraction of sp³-hybridized carbons (Fsp3) is 0.583. The monoisotopic (exact) mass is 346 g/mol. The Morgan fingerprint density at radius 2 is 1.17 bits per heavy atom. The number of esters is 1. The van der Waals surface area contributed by atoms with Crippen LogP contribution in [0, 0.1) is 0 Å². The summed E-state index contributed by atoms with van der Waals surface area (Å²) >= 11 is 0. The average Bonchev–Trinajstić information content (AvgIpc) is 2.59. The Bertz CT molecular complexity index is 469. The number of nitrogens with one attached hydrogen (secondary N) is 4. The predicted octanol–water partition coefficient (Wildman–Crippen LogP) is -3.70. The molecule has 136 valence electrons. The van der Waals surface area contributed by atoms with E-state index in [-0.39, 0.29) is 51.3 Å². The lowest BCUT2D eigenvalue weighted by atomic mass is 10.3. The van der Waals surface area contributed by atoms with Crippen LogP contribution in [0.15, 0.2) is 0 Å². The molecule has 8 N–H and O–H groups in total. The molecule has 0 fully saturated rings. The smallest absolute Gasteiger partial charge is 0.325 e. The molecule has 0 radical (unpaired) electrons. The molecule has 0 saturated heterocycles. The van der Waals surface area contributed by atoms with Gasteiger partial charge in [-0.3, -0.25) is 34.8 Å². The molecule has 0 aromatic rings. The molecule has 0 aliphatic carbocycles. The van der Waals surface area contributed by atoms with Gasteiger partial charge in [-0.1, -0.05) is 0 Å². The van der Waals surface area contributed by atoms with Gasteiger partial charge >= 0.3 is 5.97 Å². The lowest BCUT2D eigenvalue weighted by molar-refractivity contribution is -0.144. The second-order valence-corrected chi connectivity index (χ2v) is 4.48. The second-order valence-electron chi connectivity index (χ2n) is 4.48. The zero-order chi connectivity index (χ0) is 18.4. The average molecular weight is 346 g/mol. The summed E-state index contributed by atoms with van der Waals surface area (Å²) in [5.41, 5.74) is 3.77. The van der Waals surface area contributed by atoms with Crippen LogP contribution in [0.4, 0.5) is 0 Å². The molecule has 0 aliphatic heterocycles. The number of carbonyl (C=O) groups excluding carboxylic acids is 5. The van der Waals surface area contributed by atoms with Crippen LogP contribution in [-0.2, 0) is 28.7 Å². The molecule has 0 aromatic carbocycles. The van der Waals surface area contributed by atoms with Crippen LogP contribution in [0.2, 0.25) is 0 Å². The largest absolute Gasteiger partial charge is 0.463 e. The third-order valence-corrected chi connectivity index (χ3v) is 2.60. The van der Waals surface area contributed by atoms with E-state index in [4.69, 9.17) is 16.4 Å². The van der Waals surface area contributed by atoms with Crippen molar-refractivity contribution >= 4 is 29.6 Å². The lowest BCUT2D eigenvalue weighted by Crippen LogP contribution is -2.35. The summed E-state index contributed by atoms with van der Waals surface area (Å²) in [5, 5.41) is 4.71. The minimum Gasteiger partial charge on any atom is -0.463 e. The highest BCUT2D eigenvalue weighted by Gasteiger charge is 2.09. The molecule has 0 heterocycles. The molecule has 0 atom stereocenters. The minimum atomic E-state index is -0.691. The highest BCUT2D eigenvalue weighted by Crippen LogP contribution is 1.89. The zero-order valence-corrected chi connectivity index (χ0v) is 13.1. The molecule has 0 aliphatic rings. The van der Waals surface area contributed by atoms with Gasteiger partial charge in [-0.2, -0.15) is 0 Å². The first-order valence-electron chi connectivity index (χ1n) is 7.07. The predicted molar refractivity (Wildman–Crippen MR) is 80.1 cm³/mol. The van der Waals surface area contributed by atoms with Crippen molar-refractivity contribution in [3.8, 4) is 0 Å². The number of carbonyl (C=O) groups is 5. The SMILES string of the molecule is NNC(=O)CCC(=O)NCCOC(=O)CNC(=O)CCC(=O)NN. The van der Waals surface area contributed by atoms with Gasteiger partial charge in [-0.25, -0.2) is 11.7 Å². The van der Waals surface area contributed by atoms with Gasteiger partial charge in [0.1, 0.15) is 13.2 Å². The minimum absolute atomic E-state index is 0.0383. The van der Waals surface area contributed by atoms with E-state index in [1.54, 1.807) is 0 Å². The number of hydrazine groups is 2. The van der Waals surface area contributed by atoms with Gasteiger partial charge in [0.05, 0.1) is 6.54 Å². The number of amides is 4. The Morgan fingerprint density at radius 1 is 0.708 bits per heavy atom. The van der Waals surface area contributed by atoms with Crippen molar-refractivity contribution in [1.29, 1.82) is 0 Å². The van der Waals surface area contributed by atoms with Crippen LogP contribution in [0.25, 0.3) is 0 Å². The molecule has 4 amide bonds. The highest BCUT2D eigenvalue weighted by atomic mass is 16.5. The second kappa shape index (κ2) is 12.8. The first-order valence-corrected chi connectivity index (χ1v) is 7.07. The van der Waals surface area contributed by atoms with E-state index >= 15 is 0 Å². The third kappa shape index (κ3) is 11.9.